The number of primary amides is 1. The zero-order valence-electron chi connectivity index (χ0n) is 13.8. The van der Waals surface area contributed by atoms with Gasteiger partial charge in [0.25, 0.3) is 0 Å². The lowest BCUT2D eigenvalue weighted by molar-refractivity contribution is -0.125. The summed E-state index contributed by atoms with van der Waals surface area (Å²) in [6, 6.07) is 16.8. The smallest absolute Gasteiger partial charge is 0.224 e. The quantitative estimate of drug-likeness (QED) is 0.561. The molecule has 0 unspecified atom stereocenters. The molecule has 5 N–H and O–H groups in total. The molecule has 24 heavy (non-hydrogen) atoms. The maximum Gasteiger partial charge on any atom is 0.224 e. The van der Waals surface area contributed by atoms with E-state index in [-0.39, 0.29) is 12.5 Å². The highest BCUT2D eigenvalue weighted by atomic mass is 16.5. The topological polar surface area (TPSA) is 103 Å². The van der Waals surface area contributed by atoms with E-state index in [1.807, 2.05) is 54.6 Å². The molecule has 0 saturated heterocycles. The van der Waals surface area contributed by atoms with E-state index in [1.165, 1.54) is 0 Å². The number of ether oxygens (including phenoxy) is 1. The molecule has 1 amide bonds. The predicted molar refractivity (Wildman–Crippen MR) is 96.0 cm³/mol. The van der Waals surface area contributed by atoms with Gasteiger partial charge in [0, 0.05) is 11.8 Å². The number of para-hydroxylation sites is 1. The Morgan fingerprint density at radius 2 is 1.75 bits per heavy atom. The first kappa shape index (κ1) is 17.3. The van der Waals surface area contributed by atoms with Crippen molar-refractivity contribution in [3.05, 3.63) is 54.6 Å². The summed E-state index contributed by atoms with van der Waals surface area (Å²) in [5, 5.41) is 2.98. The third-order valence-corrected chi connectivity index (χ3v) is 3.40. The van der Waals surface area contributed by atoms with Gasteiger partial charge in [-0.2, -0.15) is 0 Å². The minimum atomic E-state index is -0.745. The number of nitrogens with zero attached hydrogens (tertiary/aromatic N) is 1. The number of anilines is 1. The Kier molecular flexibility index (Phi) is 5.42. The zero-order valence-corrected chi connectivity index (χ0v) is 13.8. The molecule has 0 saturated carbocycles. The SMILES string of the molecule is CC(C)(CN=C(N)Nc1cccc(Oc2ccccc2)c1)C(N)=O. The number of carbonyl (C=O) groups excluding carboxylic acids is 1. The van der Waals surface area contributed by atoms with Crippen LogP contribution in [0, 0.1) is 5.41 Å². The Balaban J connectivity index is 2.02. The van der Waals surface area contributed by atoms with E-state index in [2.05, 4.69) is 10.3 Å². The van der Waals surface area contributed by atoms with Crippen molar-refractivity contribution >= 4 is 17.6 Å². The van der Waals surface area contributed by atoms with Gasteiger partial charge in [-0.3, -0.25) is 9.79 Å². The molecule has 0 bridgehead atoms. The highest BCUT2D eigenvalue weighted by Crippen LogP contribution is 2.23. The van der Waals surface area contributed by atoms with E-state index < -0.39 is 11.3 Å². The van der Waals surface area contributed by atoms with E-state index in [0.717, 1.165) is 11.4 Å². The number of nitrogens with one attached hydrogen (secondary N) is 1. The summed E-state index contributed by atoms with van der Waals surface area (Å²) in [5.74, 6) is 1.22. The largest absolute Gasteiger partial charge is 0.457 e. The van der Waals surface area contributed by atoms with E-state index in [0.29, 0.717) is 5.75 Å². The average Bonchev–Trinajstić information content (AvgIpc) is 2.54. The van der Waals surface area contributed by atoms with Gasteiger partial charge >= 0.3 is 0 Å². The predicted octanol–water partition coefficient (Wildman–Crippen LogP) is 2.72. The van der Waals surface area contributed by atoms with Gasteiger partial charge in [-0.15, -0.1) is 0 Å². The van der Waals surface area contributed by atoms with Gasteiger partial charge in [-0.25, -0.2) is 0 Å². The standard InChI is InChI=1S/C18H22N4O2/c1-18(2,16(19)23)12-21-17(20)22-13-7-6-10-15(11-13)24-14-8-4-3-5-9-14/h3-11H,12H2,1-2H3,(H2,19,23)(H3,20,21,22). The van der Waals surface area contributed by atoms with E-state index in [9.17, 15) is 4.79 Å². The van der Waals surface area contributed by atoms with Crippen molar-refractivity contribution in [1.29, 1.82) is 0 Å². The summed E-state index contributed by atoms with van der Waals surface area (Å²) in [7, 11) is 0. The van der Waals surface area contributed by atoms with Crippen LogP contribution in [0.15, 0.2) is 59.6 Å². The molecule has 0 fully saturated rings. The van der Waals surface area contributed by atoms with Crippen LogP contribution < -0.4 is 21.5 Å². The van der Waals surface area contributed by atoms with Crippen LogP contribution in [0.5, 0.6) is 11.5 Å². The molecule has 2 rings (SSSR count). The Morgan fingerprint density at radius 1 is 1.08 bits per heavy atom. The molecule has 0 aromatic heterocycles. The summed E-state index contributed by atoms with van der Waals surface area (Å²) in [5.41, 5.74) is 11.2. The molecule has 6 nitrogen and oxygen atoms in total. The fourth-order valence-corrected chi connectivity index (χ4v) is 1.81. The Labute approximate surface area is 141 Å². The van der Waals surface area contributed by atoms with Crippen LogP contribution in [0.2, 0.25) is 0 Å². The molecule has 0 heterocycles. The van der Waals surface area contributed by atoms with Crippen LogP contribution in [-0.4, -0.2) is 18.4 Å². The van der Waals surface area contributed by atoms with Gasteiger partial charge in [0.05, 0.1) is 12.0 Å². The molecule has 2 aromatic carbocycles. The van der Waals surface area contributed by atoms with Crippen LogP contribution in [0.25, 0.3) is 0 Å². The Hall–Kier alpha value is -3.02. The molecule has 0 aliphatic carbocycles. The highest BCUT2D eigenvalue weighted by molar-refractivity contribution is 5.92. The number of guanidine groups is 1. The van der Waals surface area contributed by atoms with Crippen LogP contribution in [0.1, 0.15) is 13.8 Å². The number of benzene rings is 2. The number of aliphatic imine (C=N–C) groups is 1. The average molecular weight is 326 g/mol. The van der Waals surface area contributed by atoms with E-state index in [4.69, 9.17) is 16.2 Å². The van der Waals surface area contributed by atoms with Crippen LogP contribution in [0.4, 0.5) is 5.69 Å². The minimum absolute atomic E-state index is 0.209. The van der Waals surface area contributed by atoms with E-state index in [1.54, 1.807) is 13.8 Å². The molecule has 126 valence electrons. The van der Waals surface area contributed by atoms with Crippen molar-refractivity contribution in [2.24, 2.45) is 21.9 Å². The lowest BCUT2D eigenvalue weighted by atomic mass is 9.93. The fourth-order valence-electron chi connectivity index (χ4n) is 1.81. The highest BCUT2D eigenvalue weighted by Gasteiger charge is 2.24. The summed E-state index contributed by atoms with van der Waals surface area (Å²) in [6.07, 6.45) is 0. The van der Waals surface area contributed by atoms with Crippen molar-refractivity contribution in [2.75, 3.05) is 11.9 Å². The maximum atomic E-state index is 11.3. The maximum absolute atomic E-state index is 11.3. The molecular formula is C18H22N4O2. The number of hydrogen-bond acceptors (Lipinski definition) is 3. The summed E-state index contributed by atoms with van der Waals surface area (Å²) >= 11 is 0. The third-order valence-electron chi connectivity index (χ3n) is 3.40. The zero-order chi connectivity index (χ0) is 17.6. The van der Waals surface area contributed by atoms with Crippen molar-refractivity contribution in [1.82, 2.24) is 0 Å². The fraction of sp³-hybridized carbons (Fsp3) is 0.222. The second-order valence-electron chi connectivity index (χ2n) is 6.02. The first-order chi connectivity index (χ1) is 11.4. The third kappa shape index (κ3) is 5.01. The van der Waals surface area contributed by atoms with Crippen LogP contribution in [-0.2, 0) is 4.79 Å². The van der Waals surface area contributed by atoms with Crippen molar-refractivity contribution in [2.45, 2.75) is 13.8 Å². The second-order valence-corrected chi connectivity index (χ2v) is 6.02. The van der Waals surface area contributed by atoms with Crippen LogP contribution in [0.3, 0.4) is 0 Å². The number of carbonyl (C=O) groups is 1. The lowest BCUT2D eigenvalue weighted by Gasteiger charge is -2.17. The number of hydrogen-bond donors (Lipinski definition) is 3. The van der Waals surface area contributed by atoms with Gasteiger partial charge in [-0.05, 0) is 38.1 Å². The van der Waals surface area contributed by atoms with Crippen molar-refractivity contribution in [3.8, 4) is 11.5 Å². The normalized spacial score (nSPS) is 11.8. The molecule has 0 atom stereocenters. The number of rotatable bonds is 6. The van der Waals surface area contributed by atoms with E-state index >= 15 is 0 Å². The van der Waals surface area contributed by atoms with Gasteiger partial charge in [0.1, 0.15) is 11.5 Å². The summed E-state index contributed by atoms with van der Waals surface area (Å²) in [6.45, 7) is 3.66. The Morgan fingerprint density at radius 3 is 2.42 bits per heavy atom. The number of nitrogens with two attached hydrogens (primary N) is 2. The Bertz CT molecular complexity index is 727. The molecule has 2 aromatic rings. The minimum Gasteiger partial charge on any atom is -0.457 e. The van der Waals surface area contributed by atoms with Crippen molar-refractivity contribution in [3.63, 3.8) is 0 Å². The van der Waals surface area contributed by atoms with Gasteiger partial charge in [0.15, 0.2) is 5.96 Å². The molecule has 6 heteroatoms. The first-order valence-electron chi connectivity index (χ1n) is 7.57. The van der Waals surface area contributed by atoms with Crippen LogP contribution >= 0.6 is 0 Å². The lowest BCUT2D eigenvalue weighted by Crippen LogP contribution is -2.35. The first-order valence-corrected chi connectivity index (χ1v) is 7.57. The van der Waals surface area contributed by atoms with Crippen molar-refractivity contribution < 1.29 is 9.53 Å². The molecular weight excluding hydrogens is 304 g/mol. The molecule has 0 radical (unpaired) electrons. The second kappa shape index (κ2) is 7.50. The molecule has 0 spiro atoms. The molecule has 0 aliphatic rings. The monoisotopic (exact) mass is 326 g/mol. The van der Waals surface area contributed by atoms with Gasteiger partial charge in [-0.1, -0.05) is 24.3 Å². The van der Waals surface area contributed by atoms with Gasteiger partial charge in [0.2, 0.25) is 5.91 Å². The molecule has 0 aliphatic heterocycles. The van der Waals surface area contributed by atoms with Gasteiger partial charge < -0.3 is 21.5 Å². The summed E-state index contributed by atoms with van der Waals surface area (Å²) in [4.78, 5) is 15.5. The number of amides is 1. The summed E-state index contributed by atoms with van der Waals surface area (Å²) < 4.78 is 5.76.